The Morgan fingerprint density at radius 3 is 2.69 bits per heavy atom. The highest BCUT2D eigenvalue weighted by Crippen LogP contribution is 2.13. The Labute approximate surface area is 95.9 Å². The molecular weight excluding hydrogens is 204 g/mol. The summed E-state index contributed by atoms with van der Waals surface area (Å²) in [6.45, 7) is 4.55. The number of hydroxylamine groups is 1. The van der Waals surface area contributed by atoms with Crippen molar-refractivity contribution in [2.45, 2.75) is 13.8 Å². The molecule has 0 unspecified atom stereocenters. The smallest absolute Gasteiger partial charge is 0.276 e. The van der Waals surface area contributed by atoms with Gasteiger partial charge in [-0.25, -0.2) is 5.48 Å². The van der Waals surface area contributed by atoms with E-state index in [2.05, 4.69) is 10.8 Å². The summed E-state index contributed by atoms with van der Waals surface area (Å²) in [5, 5.41) is 2.96. The lowest BCUT2D eigenvalue weighted by Gasteiger charge is -2.10. The Morgan fingerprint density at radius 2 is 2.06 bits per heavy atom. The van der Waals surface area contributed by atoms with E-state index in [9.17, 15) is 4.79 Å². The van der Waals surface area contributed by atoms with Crippen molar-refractivity contribution in [2.75, 3.05) is 19.0 Å². The quantitative estimate of drug-likeness (QED) is 0.750. The van der Waals surface area contributed by atoms with Crippen LogP contribution < -0.4 is 10.8 Å². The average Bonchev–Trinajstić information content (AvgIpc) is 2.28. The van der Waals surface area contributed by atoms with Crippen LogP contribution in [0.15, 0.2) is 24.3 Å². The fourth-order valence-corrected chi connectivity index (χ4v) is 1.23. The summed E-state index contributed by atoms with van der Waals surface area (Å²) in [6, 6.07) is 7.28. The molecule has 0 saturated carbocycles. The van der Waals surface area contributed by atoms with E-state index in [4.69, 9.17) is 4.84 Å². The van der Waals surface area contributed by atoms with E-state index in [0.717, 1.165) is 5.69 Å². The second-order valence-electron chi connectivity index (χ2n) is 3.93. The molecule has 0 spiro atoms. The zero-order valence-corrected chi connectivity index (χ0v) is 9.91. The van der Waals surface area contributed by atoms with Crippen molar-refractivity contribution in [3.05, 3.63) is 29.8 Å². The van der Waals surface area contributed by atoms with Gasteiger partial charge < -0.3 is 5.32 Å². The molecule has 4 nitrogen and oxygen atoms in total. The van der Waals surface area contributed by atoms with Crippen molar-refractivity contribution in [3.63, 3.8) is 0 Å². The molecule has 0 heterocycles. The largest absolute Gasteiger partial charge is 0.387 e. The van der Waals surface area contributed by atoms with Gasteiger partial charge >= 0.3 is 0 Å². The molecule has 0 aliphatic carbocycles. The van der Waals surface area contributed by atoms with E-state index >= 15 is 0 Å². The molecule has 0 saturated heterocycles. The highest BCUT2D eigenvalue weighted by Gasteiger charge is 2.09. The molecule has 1 aromatic rings. The second kappa shape index (κ2) is 6.12. The average molecular weight is 222 g/mol. The van der Waals surface area contributed by atoms with E-state index in [1.807, 2.05) is 32.0 Å². The molecule has 0 aromatic heterocycles. The lowest BCUT2D eigenvalue weighted by Crippen LogP contribution is -2.26. The van der Waals surface area contributed by atoms with Crippen molar-refractivity contribution >= 4 is 11.6 Å². The minimum atomic E-state index is -0.231. The standard InChI is InChI=1S/C12H18N2O2/c1-9(2)8-16-14-12(15)10-6-4-5-7-11(10)13-3/h4-7,9,13H,8H2,1-3H3,(H,14,15). The maximum atomic E-state index is 11.7. The summed E-state index contributed by atoms with van der Waals surface area (Å²) in [6.07, 6.45) is 0. The number of carbonyl (C=O) groups is 1. The number of rotatable bonds is 5. The summed E-state index contributed by atoms with van der Waals surface area (Å²) in [5.41, 5.74) is 3.79. The first-order chi connectivity index (χ1) is 7.65. The van der Waals surface area contributed by atoms with E-state index < -0.39 is 0 Å². The van der Waals surface area contributed by atoms with Gasteiger partial charge in [0.05, 0.1) is 12.2 Å². The lowest BCUT2D eigenvalue weighted by molar-refractivity contribution is 0.0209. The number of hydrogen-bond acceptors (Lipinski definition) is 3. The van der Waals surface area contributed by atoms with Crippen LogP contribution >= 0.6 is 0 Å². The summed E-state index contributed by atoms with van der Waals surface area (Å²) in [7, 11) is 1.78. The number of anilines is 1. The van der Waals surface area contributed by atoms with Crippen LogP contribution in [0.25, 0.3) is 0 Å². The first-order valence-electron chi connectivity index (χ1n) is 5.34. The van der Waals surface area contributed by atoms with E-state index in [0.29, 0.717) is 18.1 Å². The molecule has 0 bridgehead atoms. The zero-order valence-electron chi connectivity index (χ0n) is 9.91. The van der Waals surface area contributed by atoms with Crippen LogP contribution in [0.2, 0.25) is 0 Å². The van der Waals surface area contributed by atoms with Crippen LogP contribution in [-0.4, -0.2) is 19.6 Å². The molecule has 16 heavy (non-hydrogen) atoms. The van der Waals surface area contributed by atoms with E-state index in [-0.39, 0.29) is 5.91 Å². The number of para-hydroxylation sites is 1. The third kappa shape index (κ3) is 3.55. The molecule has 0 atom stereocenters. The number of carbonyl (C=O) groups excluding carboxylic acids is 1. The molecule has 0 radical (unpaired) electrons. The molecule has 88 valence electrons. The second-order valence-corrected chi connectivity index (χ2v) is 3.93. The van der Waals surface area contributed by atoms with Crippen LogP contribution in [-0.2, 0) is 4.84 Å². The normalized spacial score (nSPS) is 10.2. The van der Waals surface area contributed by atoms with Gasteiger partial charge in [0.2, 0.25) is 0 Å². The number of benzene rings is 1. The topological polar surface area (TPSA) is 50.4 Å². The van der Waals surface area contributed by atoms with Crippen molar-refractivity contribution in [3.8, 4) is 0 Å². The van der Waals surface area contributed by atoms with Gasteiger partial charge in [-0.3, -0.25) is 9.63 Å². The maximum absolute atomic E-state index is 11.7. The Morgan fingerprint density at radius 1 is 1.38 bits per heavy atom. The fraction of sp³-hybridized carbons (Fsp3) is 0.417. The third-order valence-electron chi connectivity index (χ3n) is 2.02. The van der Waals surface area contributed by atoms with Gasteiger partial charge in [-0.1, -0.05) is 26.0 Å². The van der Waals surface area contributed by atoms with Gasteiger partial charge in [0.25, 0.3) is 5.91 Å². The zero-order chi connectivity index (χ0) is 12.0. The van der Waals surface area contributed by atoms with Crippen LogP contribution in [0.5, 0.6) is 0 Å². The van der Waals surface area contributed by atoms with Crippen LogP contribution in [0.4, 0.5) is 5.69 Å². The van der Waals surface area contributed by atoms with Crippen molar-refractivity contribution in [1.29, 1.82) is 0 Å². The molecule has 1 rings (SSSR count). The van der Waals surface area contributed by atoms with Gasteiger partial charge in [-0.15, -0.1) is 0 Å². The Hall–Kier alpha value is -1.55. The number of nitrogens with one attached hydrogen (secondary N) is 2. The number of amides is 1. The first kappa shape index (κ1) is 12.5. The summed E-state index contributed by atoms with van der Waals surface area (Å²) >= 11 is 0. The van der Waals surface area contributed by atoms with Crippen molar-refractivity contribution in [1.82, 2.24) is 5.48 Å². The summed E-state index contributed by atoms with van der Waals surface area (Å²) in [4.78, 5) is 16.8. The highest BCUT2D eigenvalue weighted by atomic mass is 16.6. The van der Waals surface area contributed by atoms with Gasteiger partial charge in [0.15, 0.2) is 0 Å². The minimum Gasteiger partial charge on any atom is -0.387 e. The fourth-order valence-electron chi connectivity index (χ4n) is 1.23. The Bertz CT molecular complexity index is 351. The molecule has 2 N–H and O–H groups in total. The SMILES string of the molecule is CNc1ccccc1C(=O)NOCC(C)C. The third-order valence-corrected chi connectivity index (χ3v) is 2.02. The van der Waals surface area contributed by atoms with Crippen LogP contribution in [0, 0.1) is 5.92 Å². The van der Waals surface area contributed by atoms with Gasteiger partial charge in [0, 0.05) is 12.7 Å². The molecule has 0 aliphatic heterocycles. The van der Waals surface area contributed by atoms with E-state index in [1.54, 1.807) is 13.1 Å². The van der Waals surface area contributed by atoms with Crippen molar-refractivity contribution < 1.29 is 9.63 Å². The van der Waals surface area contributed by atoms with Crippen molar-refractivity contribution in [2.24, 2.45) is 5.92 Å². The first-order valence-corrected chi connectivity index (χ1v) is 5.34. The summed E-state index contributed by atoms with van der Waals surface area (Å²) < 4.78 is 0. The molecule has 4 heteroatoms. The lowest BCUT2D eigenvalue weighted by atomic mass is 10.1. The van der Waals surface area contributed by atoms with Crippen LogP contribution in [0.1, 0.15) is 24.2 Å². The highest BCUT2D eigenvalue weighted by molar-refractivity contribution is 5.98. The van der Waals surface area contributed by atoms with Crippen LogP contribution in [0.3, 0.4) is 0 Å². The van der Waals surface area contributed by atoms with Gasteiger partial charge in [-0.2, -0.15) is 0 Å². The molecule has 0 aliphatic rings. The molecule has 1 aromatic carbocycles. The Kier molecular flexibility index (Phi) is 4.79. The van der Waals surface area contributed by atoms with Gasteiger partial charge in [0.1, 0.15) is 0 Å². The summed E-state index contributed by atoms with van der Waals surface area (Å²) in [5.74, 6) is 0.158. The maximum Gasteiger partial charge on any atom is 0.276 e. The van der Waals surface area contributed by atoms with E-state index in [1.165, 1.54) is 0 Å². The predicted molar refractivity (Wildman–Crippen MR) is 64.2 cm³/mol. The monoisotopic (exact) mass is 222 g/mol. The molecular formula is C12H18N2O2. The Balaban J connectivity index is 2.59. The molecule has 0 fully saturated rings. The minimum absolute atomic E-state index is 0.231. The predicted octanol–water partition coefficient (Wildman–Crippen LogP) is 2.05. The molecule has 1 amide bonds. The number of hydrogen-bond donors (Lipinski definition) is 2. The van der Waals surface area contributed by atoms with Gasteiger partial charge in [-0.05, 0) is 18.1 Å².